The molecule has 1 fully saturated rings. The summed E-state index contributed by atoms with van der Waals surface area (Å²) in [6.45, 7) is 7.01. The number of nitrogens with one attached hydrogen (secondary N) is 1. The molecule has 1 rings (SSSR count). The highest BCUT2D eigenvalue weighted by atomic mass is 16.3. The third-order valence-electron chi connectivity index (χ3n) is 2.93. The summed E-state index contributed by atoms with van der Waals surface area (Å²) in [5.41, 5.74) is 0.276. The summed E-state index contributed by atoms with van der Waals surface area (Å²) in [5, 5.41) is 12.5. The van der Waals surface area contributed by atoms with Crippen molar-refractivity contribution in [2.45, 2.75) is 39.5 Å². The molecule has 0 aliphatic heterocycles. The molecule has 0 atom stereocenters. The first-order valence-electron chi connectivity index (χ1n) is 5.50. The summed E-state index contributed by atoms with van der Waals surface area (Å²) in [4.78, 5) is 0. The molecule has 2 N–H and O–H groups in total. The standard InChI is InChI=1S/C11H23NO/c1-10(2)4-3-7-12-8-11(9-13)5-6-11/h10,12-13H,3-9H2,1-2H3. The number of rotatable bonds is 7. The van der Waals surface area contributed by atoms with Gasteiger partial charge < -0.3 is 10.4 Å². The largest absolute Gasteiger partial charge is 0.396 e. The van der Waals surface area contributed by atoms with E-state index in [-0.39, 0.29) is 5.41 Å². The van der Waals surface area contributed by atoms with Crippen LogP contribution in [-0.4, -0.2) is 24.8 Å². The lowest BCUT2D eigenvalue weighted by atomic mass is 10.1. The van der Waals surface area contributed by atoms with Crippen molar-refractivity contribution < 1.29 is 5.11 Å². The normalized spacial score (nSPS) is 19.4. The first kappa shape index (κ1) is 11.0. The second-order valence-electron chi connectivity index (χ2n) is 4.87. The Balaban J connectivity index is 1.90. The highest BCUT2D eigenvalue weighted by Crippen LogP contribution is 2.44. The van der Waals surface area contributed by atoms with Crippen molar-refractivity contribution in [3.05, 3.63) is 0 Å². The third kappa shape index (κ3) is 4.10. The minimum Gasteiger partial charge on any atom is -0.396 e. The van der Waals surface area contributed by atoms with E-state index in [4.69, 9.17) is 5.11 Å². The van der Waals surface area contributed by atoms with Crippen molar-refractivity contribution >= 4 is 0 Å². The van der Waals surface area contributed by atoms with E-state index in [1.54, 1.807) is 0 Å². The molecule has 0 heterocycles. The highest BCUT2D eigenvalue weighted by Gasteiger charge is 2.41. The predicted molar refractivity (Wildman–Crippen MR) is 55.7 cm³/mol. The van der Waals surface area contributed by atoms with Crippen LogP contribution in [0.3, 0.4) is 0 Å². The Morgan fingerprint density at radius 1 is 1.38 bits per heavy atom. The average molecular weight is 185 g/mol. The van der Waals surface area contributed by atoms with Crippen LogP contribution in [0.25, 0.3) is 0 Å². The molecule has 2 heteroatoms. The van der Waals surface area contributed by atoms with Gasteiger partial charge in [0.15, 0.2) is 0 Å². The van der Waals surface area contributed by atoms with E-state index in [0.29, 0.717) is 6.61 Å². The van der Waals surface area contributed by atoms with Crippen molar-refractivity contribution in [2.24, 2.45) is 11.3 Å². The lowest BCUT2D eigenvalue weighted by molar-refractivity contribution is 0.207. The second-order valence-corrected chi connectivity index (χ2v) is 4.87. The summed E-state index contributed by atoms with van der Waals surface area (Å²) in [5.74, 6) is 0.814. The van der Waals surface area contributed by atoms with Crippen molar-refractivity contribution in [3.8, 4) is 0 Å². The quantitative estimate of drug-likeness (QED) is 0.593. The number of hydrogen-bond donors (Lipinski definition) is 2. The zero-order valence-electron chi connectivity index (χ0n) is 8.97. The van der Waals surface area contributed by atoms with Crippen LogP contribution in [0.2, 0.25) is 0 Å². The van der Waals surface area contributed by atoms with E-state index in [0.717, 1.165) is 19.0 Å². The van der Waals surface area contributed by atoms with Gasteiger partial charge >= 0.3 is 0 Å². The molecule has 0 aromatic rings. The molecule has 0 radical (unpaired) electrons. The monoisotopic (exact) mass is 185 g/mol. The maximum absolute atomic E-state index is 9.06. The van der Waals surface area contributed by atoms with Gasteiger partial charge in [-0.25, -0.2) is 0 Å². The van der Waals surface area contributed by atoms with Gasteiger partial charge in [0.25, 0.3) is 0 Å². The van der Waals surface area contributed by atoms with E-state index < -0.39 is 0 Å². The van der Waals surface area contributed by atoms with Crippen LogP contribution in [0.1, 0.15) is 39.5 Å². The van der Waals surface area contributed by atoms with Gasteiger partial charge in [-0.05, 0) is 38.1 Å². The fourth-order valence-corrected chi connectivity index (χ4v) is 1.56. The lowest BCUT2D eigenvalue weighted by Gasteiger charge is -2.12. The van der Waals surface area contributed by atoms with Gasteiger partial charge in [0, 0.05) is 18.6 Å². The fourth-order valence-electron chi connectivity index (χ4n) is 1.56. The SMILES string of the molecule is CC(C)CCCNCC1(CO)CC1. The molecule has 1 saturated carbocycles. The van der Waals surface area contributed by atoms with E-state index in [9.17, 15) is 0 Å². The maximum Gasteiger partial charge on any atom is 0.0499 e. The summed E-state index contributed by atoms with van der Waals surface area (Å²) >= 11 is 0. The Bertz CT molecular complexity index is 141. The molecule has 0 unspecified atom stereocenters. The van der Waals surface area contributed by atoms with E-state index in [1.807, 2.05) is 0 Å². The molecule has 0 bridgehead atoms. The summed E-state index contributed by atoms with van der Waals surface area (Å²) < 4.78 is 0. The highest BCUT2D eigenvalue weighted by molar-refractivity contribution is 4.94. The van der Waals surface area contributed by atoms with Crippen LogP contribution in [0, 0.1) is 11.3 Å². The Kier molecular flexibility index (Phi) is 4.20. The van der Waals surface area contributed by atoms with Gasteiger partial charge in [0.2, 0.25) is 0 Å². The van der Waals surface area contributed by atoms with E-state index in [2.05, 4.69) is 19.2 Å². The second kappa shape index (κ2) is 4.97. The number of aliphatic hydroxyl groups excluding tert-OH is 1. The Hall–Kier alpha value is -0.0800. The fraction of sp³-hybridized carbons (Fsp3) is 1.00. The topological polar surface area (TPSA) is 32.3 Å². The van der Waals surface area contributed by atoms with Crippen LogP contribution < -0.4 is 5.32 Å². The van der Waals surface area contributed by atoms with Crippen molar-refractivity contribution in [2.75, 3.05) is 19.7 Å². The molecule has 13 heavy (non-hydrogen) atoms. The summed E-state index contributed by atoms with van der Waals surface area (Å²) in [7, 11) is 0. The van der Waals surface area contributed by atoms with Gasteiger partial charge in [-0.15, -0.1) is 0 Å². The Labute approximate surface area is 81.7 Å². The summed E-state index contributed by atoms with van der Waals surface area (Å²) in [6, 6.07) is 0. The first-order valence-corrected chi connectivity index (χ1v) is 5.50. The predicted octanol–water partition coefficient (Wildman–Crippen LogP) is 1.78. The molecule has 0 aromatic carbocycles. The molecule has 0 spiro atoms. The molecule has 0 aromatic heterocycles. The number of aliphatic hydroxyl groups is 1. The molecular weight excluding hydrogens is 162 g/mol. The first-order chi connectivity index (χ1) is 6.18. The van der Waals surface area contributed by atoms with Gasteiger partial charge in [-0.3, -0.25) is 0 Å². The number of hydrogen-bond acceptors (Lipinski definition) is 2. The smallest absolute Gasteiger partial charge is 0.0499 e. The van der Waals surface area contributed by atoms with Gasteiger partial charge in [-0.2, -0.15) is 0 Å². The molecule has 1 aliphatic rings. The van der Waals surface area contributed by atoms with Gasteiger partial charge in [0.1, 0.15) is 0 Å². The lowest BCUT2D eigenvalue weighted by Crippen LogP contribution is -2.27. The minimum absolute atomic E-state index is 0.276. The van der Waals surface area contributed by atoms with Crippen molar-refractivity contribution in [3.63, 3.8) is 0 Å². The van der Waals surface area contributed by atoms with Crippen LogP contribution in [-0.2, 0) is 0 Å². The molecule has 1 aliphatic carbocycles. The van der Waals surface area contributed by atoms with E-state index in [1.165, 1.54) is 25.7 Å². The van der Waals surface area contributed by atoms with E-state index >= 15 is 0 Å². The molecular formula is C11H23NO. The van der Waals surface area contributed by atoms with Gasteiger partial charge in [0.05, 0.1) is 0 Å². The molecule has 2 nitrogen and oxygen atoms in total. The minimum atomic E-state index is 0.276. The maximum atomic E-state index is 9.06. The van der Waals surface area contributed by atoms with Crippen LogP contribution in [0.15, 0.2) is 0 Å². The van der Waals surface area contributed by atoms with Crippen LogP contribution in [0.5, 0.6) is 0 Å². The zero-order chi connectivity index (χ0) is 9.73. The summed E-state index contributed by atoms with van der Waals surface area (Å²) in [6.07, 6.45) is 4.99. The Morgan fingerprint density at radius 2 is 2.08 bits per heavy atom. The van der Waals surface area contributed by atoms with Crippen molar-refractivity contribution in [1.29, 1.82) is 0 Å². The average Bonchev–Trinajstić information content (AvgIpc) is 2.84. The third-order valence-corrected chi connectivity index (χ3v) is 2.93. The zero-order valence-corrected chi connectivity index (χ0v) is 8.97. The van der Waals surface area contributed by atoms with Crippen LogP contribution in [0.4, 0.5) is 0 Å². The molecule has 0 saturated heterocycles. The Morgan fingerprint density at radius 3 is 2.54 bits per heavy atom. The van der Waals surface area contributed by atoms with Crippen molar-refractivity contribution in [1.82, 2.24) is 5.32 Å². The molecule has 78 valence electrons. The molecule has 0 amide bonds. The van der Waals surface area contributed by atoms with Crippen LogP contribution >= 0.6 is 0 Å². The van der Waals surface area contributed by atoms with Gasteiger partial charge in [-0.1, -0.05) is 13.8 Å².